The van der Waals surface area contributed by atoms with Crippen molar-refractivity contribution in [1.82, 2.24) is 5.06 Å². The minimum atomic E-state index is 0.00509. The van der Waals surface area contributed by atoms with Crippen molar-refractivity contribution in [2.75, 3.05) is 14.2 Å². The Morgan fingerprint density at radius 2 is 2.07 bits per heavy atom. The minimum absolute atomic E-state index is 0.00509. The van der Waals surface area contributed by atoms with Crippen molar-refractivity contribution in [3.8, 4) is 0 Å². The van der Waals surface area contributed by atoms with E-state index in [2.05, 4.69) is 20.8 Å². The van der Waals surface area contributed by atoms with Crippen LogP contribution in [0.3, 0.4) is 0 Å². The van der Waals surface area contributed by atoms with Gasteiger partial charge in [0, 0.05) is 12.6 Å². The summed E-state index contributed by atoms with van der Waals surface area (Å²) in [6, 6.07) is 0. The third-order valence-corrected chi connectivity index (χ3v) is 3.13. The first-order valence-corrected chi connectivity index (χ1v) is 5.38. The first-order valence-electron chi connectivity index (χ1n) is 5.38. The fourth-order valence-electron chi connectivity index (χ4n) is 2.15. The zero-order valence-electron chi connectivity index (χ0n) is 10.4. The summed E-state index contributed by atoms with van der Waals surface area (Å²) in [7, 11) is 3.17. The van der Waals surface area contributed by atoms with Crippen LogP contribution in [0.25, 0.3) is 0 Å². The van der Waals surface area contributed by atoms with Gasteiger partial charge in [0.05, 0.1) is 7.11 Å². The molecule has 0 radical (unpaired) electrons. The van der Waals surface area contributed by atoms with E-state index in [1.165, 1.54) is 17.7 Å². The van der Waals surface area contributed by atoms with Crippen molar-refractivity contribution in [2.45, 2.75) is 40.0 Å². The summed E-state index contributed by atoms with van der Waals surface area (Å²) in [5, 5.41) is 1.30. The molecule has 0 spiro atoms. The number of amides is 1. The van der Waals surface area contributed by atoms with E-state index in [0.29, 0.717) is 5.41 Å². The molecule has 0 aliphatic heterocycles. The van der Waals surface area contributed by atoms with Crippen LogP contribution in [0.15, 0.2) is 11.1 Å². The molecule has 0 atom stereocenters. The molecule has 0 heterocycles. The summed E-state index contributed by atoms with van der Waals surface area (Å²) in [5.41, 5.74) is 2.47. The van der Waals surface area contributed by atoms with Crippen LogP contribution in [-0.2, 0) is 9.63 Å². The molecule has 0 N–H and O–H groups in total. The lowest BCUT2D eigenvalue weighted by atomic mass is 9.74. The molecule has 3 nitrogen and oxygen atoms in total. The van der Waals surface area contributed by atoms with Gasteiger partial charge in [0.15, 0.2) is 0 Å². The number of hydrogen-bond acceptors (Lipinski definition) is 2. The lowest BCUT2D eigenvalue weighted by molar-refractivity contribution is -0.164. The van der Waals surface area contributed by atoms with Gasteiger partial charge in [0.2, 0.25) is 0 Å². The number of allylic oxidation sites excluding steroid dienone is 1. The quantitative estimate of drug-likeness (QED) is 0.657. The van der Waals surface area contributed by atoms with Crippen LogP contribution >= 0.6 is 0 Å². The third-order valence-electron chi connectivity index (χ3n) is 3.13. The van der Waals surface area contributed by atoms with Gasteiger partial charge in [-0.1, -0.05) is 19.4 Å². The standard InChI is InChI=1S/C12H21NO2/c1-9-8-12(2,3)7-6-10(9)11(14)13(4)15-5/h6-8H2,1-5H3. The maximum atomic E-state index is 11.9. The molecule has 0 bridgehead atoms. The number of hydrogen-bond donors (Lipinski definition) is 0. The lowest BCUT2D eigenvalue weighted by Crippen LogP contribution is -2.30. The maximum absolute atomic E-state index is 11.9. The highest BCUT2D eigenvalue weighted by Gasteiger charge is 2.29. The van der Waals surface area contributed by atoms with Gasteiger partial charge in [-0.15, -0.1) is 0 Å². The first kappa shape index (κ1) is 12.2. The summed E-state index contributed by atoms with van der Waals surface area (Å²) < 4.78 is 0. The van der Waals surface area contributed by atoms with Gasteiger partial charge in [0.1, 0.15) is 0 Å². The summed E-state index contributed by atoms with van der Waals surface area (Å²) >= 11 is 0. The molecule has 0 fully saturated rings. The van der Waals surface area contributed by atoms with Crippen LogP contribution in [0.5, 0.6) is 0 Å². The SMILES string of the molecule is CON(C)C(=O)C1=C(C)CC(C)(C)CC1. The smallest absolute Gasteiger partial charge is 0.273 e. The average Bonchev–Trinajstić information content (AvgIpc) is 2.14. The van der Waals surface area contributed by atoms with Gasteiger partial charge in [-0.25, -0.2) is 5.06 Å². The molecule has 1 rings (SSSR count). The van der Waals surface area contributed by atoms with E-state index < -0.39 is 0 Å². The van der Waals surface area contributed by atoms with Crippen LogP contribution in [0.1, 0.15) is 40.0 Å². The van der Waals surface area contributed by atoms with Gasteiger partial charge in [0.25, 0.3) is 5.91 Å². The molecule has 15 heavy (non-hydrogen) atoms. The fourth-order valence-corrected chi connectivity index (χ4v) is 2.15. The van der Waals surface area contributed by atoms with E-state index in [-0.39, 0.29) is 5.91 Å². The Kier molecular flexibility index (Phi) is 3.55. The predicted molar refractivity (Wildman–Crippen MR) is 60.1 cm³/mol. The Balaban J connectivity index is 2.83. The van der Waals surface area contributed by atoms with Crippen molar-refractivity contribution in [1.29, 1.82) is 0 Å². The maximum Gasteiger partial charge on any atom is 0.273 e. The number of likely N-dealkylation sites (N-methyl/N-ethyl adjacent to an activating group) is 1. The normalized spacial score (nSPS) is 20.3. The average molecular weight is 211 g/mol. The van der Waals surface area contributed by atoms with E-state index in [9.17, 15) is 4.79 Å². The second-order valence-corrected chi connectivity index (χ2v) is 5.09. The van der Waals surface area contributed by atoms with Gasteiger partial charge in [-0.05, 0) is 31.6 Å². The Morgan fingerprint density at radius 1 is 1.47 bits per heavy atom. The molecule has 1 amide bonds. The lowest BCUT2D eigenvalue weighted by Gasteiger charge is -2.32. The Labute approximate surface area is 92.0 Å². The topological polar surface area (TPSA) is 29.5 Å². The van der Waals surface area contributed by atoms with Gasteiger partial charge in [-0.2, -0.15) is 0 Å². The molecule has 0 saturated carbocycles. The third kappa shape index (κ3) is 2.81. The van der Waals surface area contributed by atoms with Crippen LogP contribution < -0.4 is 0 Å². The highest BCUT2D eigenvalue weighted by atomic mass is 16.7. The van der Waals surface area contributed by atoms with Crippen LogP contribution in [0.2, 0.25) is 0 Å². The number of rotatable bonds is 2. The fraction of sp³-hybridized carbons (Fsp3) is 0.750. The summed E-state index contributed by atoms with van der Waals surface area (Å²) in [6.45, 7) is 6.55. The molecule has 86 valence electrons. The van der Waals surface area contributed by atoms with Gasteiger partial charge >= 0.3 is 0 Å². The Bertz CT molecular complexity index is 292. The zero-order valence-corrected chi connectivity index (χ0v) is 10.4. The monoisotopic (exact) mass is 211 g/mol. The van der Waals surface area contributed by atoms with Crippen molar-refractivity contribution >= 4 is 5.91 Å². The molecule has 1 aliphatic rings. The summed E-state index contributed by atoms with van der Waals surface area (Å²) in [4.78, 5) is 16.8. The number of carbonyl (C=O) groups is 1. The second-order valence-electron chi connectivity index (χ2n) is 5.09. The van der Waals surface area contributed by atoms with Crippen molar-refractivity contribution in [2.24, 2.45) is 5.41 Å². The van der Waals surface area contributed by atoms with Gasteiger partial charge in [-0.3, -0.25) is 9.63 Å². The van der Waals surface area contributed by atoms with Gasteiger partial charge < -0.3 is 0 Å². The van der Waals surface area contributed by atoms with Crippen molar-refractivity contribution in [3.63, 3.8) is 0 Å². The number of nitrogens with zero attached hydrogens (tertiary/aromatic N) is 1. The van der Waals surface area contributed by atoms with E-state index in [1.807, 2.05) is 0 Å². The molecular formula is C12H21NO2. The number of carbonyl (C=O) groups excluding carboxylic acids is 1. The van der Waals surface area contributed by atoms with E-state index in [0.717, 1.165) is 24.8 Å². The van der Waals surface area contributed by atoms with Crippen LogP contribution in [-0.4, -0.2) is 25.1 Å². The van der Waals surface area contributed by atoms with Crippen LogP contribution in [0.4, 0.5) is 0 Å². The summed E-state index contributed by atoms with van der Waals surface area (Å²) in [5.74, 6) is 0.00509. The molecule has 3 heteroatoms. The molecule has 0 aromatic carbocycles. The van der Waals surface area contributed by atoms with E-state index in [1.54, 1.807) is 7.05 Å². The highest BCUT2D eigenvalue weighted by Crippen LogP contribution is 2.38. The van der Waals surface area contributed by atoms with E-state index in [4.69, 9.17) is 4.84 Å². The predicted octanol–water partition coefficient (Wildman–Crippen LogP) is 2.53. The Hall–Kier alpha value is -0.830. The zero-order chi connectivity index (χ0) is 11.6. The highest BCUT2D eigenvalue weighted by molar-refractivity contribution is 5.93. The second kappa shape index (κ2) is 4.35. The molecule has 0 aromatic rings. The molecule has 1 aliphatic carbocycles. The molecule has 0 aromatic heterocycles. The van der Waals surface area contributed by atoms with E-state index >= 15 is 0 Å². The molecule has 0 unspecified atom stereocenters. The van der Waals surface area contributed by atoms with Crippen molar-refractivity contribution in [3.05, 3.63) is 11.1 Å². The largest absolute Gasteiger partial charge is 0.274 e. The molecular weight excluding hydrogens is 190 g/mol. The number of hydroxylamine groups is 2. The van der Waals surface area contributed by atoms with Crippen molar-refractivity contribution < 1.29 is 9.63 Å². The van der Waals surface area contributed by atoms with Crippen LogP contribution in [0, 0.1) is 5.41 Å². The summed E-state index contributed by atoms with van der Waals surface area (Å²) in [6.07, 6.45) is 2.94. The molecule has 0 saturated heterocycles. The first-order chi connectivity index (χ1) is 6.87. The minimum Gasteiger partial charge on any atom is -0.274 e. The Morgan fingerprint density at radius 3 is 2.53 bits per heavy atom.